The largest absolute Gasteiger partial charge is 0.383 e. The molecule has 1 aliphatic rings. The van der Waals surface area contributed by atoms with Gasteiger partial charge in [0.05, 0.1) is 11.5 Å². The summed E-state index contributed by atoms with van der Waals surface area (Å²) in [5.74, 6) is 0.166. The second-order valence-corrected chi connectivity index (χ2v) is 5.65. The number of hydrogen-bond donors (Lipinski definition) is 1. The number of aryl methyl sites for hydroxylation is 1. The Morgan fingerprint density at radius 2 is 2.16 bits per heavy atom. The number of nitriles is 1. The third-order valence-electron chi connectivity index (χ3n) is 3.46. The lowest BCUT2D eigenvalue weighted by molar-refractivity contribution is -0.118. The zero-order valence-electron chi connectivity index (χ0n) is 11.7. The SMILES string of the molecule is CN1C(=O)CCc2cc(NCC(C)(C)C#N)ccc21. The molecule has 1 aliphatic heterocycles. The minimum absolute atomic E-state index is 0.166. The van der Waals surface area contributed by atoms with Crippen molar-refractivity contribution in [1.82, 2.24) is 0 Å². The van der Waals surface area contributed by atoms with Crippen molar-refractivity contribution < 1.29 is 4.79 Å². The lowest BCUT2D eigenvalue weighted by Crippen LogP contribution is -2.31. The van der Waals surface area contributed by atoms with Crippen molar-refractivity contribution in [3.63, 3.8) is 0 Å². The number of rotatable bonds is 3. The quantitative estimate of drug-likeness (QED) is 0.905. The molecule has 0 radical (unpaired) electrons. The first-order valence-electron chi connectivity index (χ1n) is 6.47. The number of anilines is 2. The number of amides is 1. The minimum atomic E-state index is -0.386. The van der Waals surface area contributed by atoms with E-state index in [0.29, 0.717) is 13.0 Å². The van der Waals surface area contributed by atoms with Gasteiger partial charge in [-0.3, -0.25) is 4.79 Å². The number of benzene rings is 1. The van der Waals surface area contributed by atoms with Gasteiger partial charge >= 0.3 is 0 Å². The fraction of sp³-hybridized carbons (Fsp3) is 0.467. The molecule has 19 heavy (non-hydrogen) atoms. The summed E-state index contributed by atoms with van der Waals surface area (Å²) in [7, 11) is 1.81. The van der Waals surface area contributed by atoms with E-state index >= 15 is 0 Å². The lowest BCUT2D eigenvalue weighted by Gasteiger charge is -2.26. The van der Waals surface area contributed by atoms with Gasteiger partial charge in [-0.25, -0.2) is 0 Å². The van der Waals surface area contributed by atoms with Crippen LogP contribution in [0.3, 0.4) is 0 Å². The smallest absolute Gasteiger partial charge is 0.227 e. The van der Waals surface area contributed by atoms with E-state index in [0.717, 1.165) is 17.8 Å². The summed E-state index contributed by atoms with van der Waals surface area (Å²) in [4.78, 5) is 13.3. The van der Waals surface area contributed by atoms with Crippen LogP contribution in [0.5, 0.6) is 0 Å². The Kier molecular flexibility index (Phi) is 3.48. The molecule has 0 unspecified atom stereocenters. The Labute approximate surface area is 114 Å². The van der Waals surface area contributed by atoms with Crippen LogP contribution in [0.15, 0.2) is 18.2 Å². The molecule has 0 saturated heterocycles. The van der Waals surface area contributed by atoms with Crippen LogP contribution in [0.25, 0.3) is 0 Å². The molecule has 4 heteroatoms. The molecule has 0 spiro atoms. The second-order valence-electron chi connectivity index (χ2n) is 5.65. The van der Waals surface area contributed by atoms with Crippen molar-refractivity contribution in [2.24, 2.45) is 5.41 Å². The van der Waals surface area contributed by atoms with Gasteiger partial charge in [0.25, 0.3) is 0 Å². The summed E-state index contributed by atoms with van der Waals surface area (Å²) in [5.41, 5.74) is 2.79. The molecule has 0 atom stereocenters. The first-order chi connectivity index (χ1) is 8.93. The summed E-state index contributed by atoms with van der Waals surface area (Å²) in [6.45, 7) is 4.42. The Morgan fingerprint density at radius 3 is 2.84 bits per heavy atom. The van der Waals surface area contributed by atoms with Gasteiger partial charge in [-0.1, -0.05) is 0 Å². The van der Waals surface area contributed by atoms with Crippen LogP contribution in [0.1, 0.15) is 25.8 Å². The van der Waals surface area contributed by atoms with Crippen LogP contribution in [0, 0.1) is 16.7 Å². The van der Waals surface area contributed by atoms with Crippen LogP contribution >= 0.6 is 0 Å². The van der Waals surface area contributed by atoms with Crippen LogP contribution in [0.4, 0.5) is 11.4 Å². The first kappa shape index (κ1) is 13.4. The molecule has 4 nitrogen and oxygen atoms in total. The zero-order valence-corrected chi connectivity index (χ0v) is 11.7. The molecule has 1 N–H and O–H groups in total. The molecule has 0 fully saturated rings. The third-order valence-corrected chi connectivity index (χ3v) is 3.46. The van der Waals surface area contributed by atoms with E-state index in [1.165, 1.54) is 5.56 Å². The van der Waals surface area contributed by atoms with Gasteiger partial charge in [-0.15, -0.1) is 0 Å². The highest BCUT2D eigenvalue weighted by molar-refractivity contribution is 5.96. The molecule has 1 aromatic carbocycles. The summed E-state index contributed by atoms with van der Waals surface area (Å²) < 4.78 is 0. The number of carbonyl (C=O) groups is 1. The molecule has 0 aliphatic carbocycles. The van der Waals surface area contributed by atoms with E-state index in [-0.39, 0.29) is 11.3 Å². The predicted octanol–water partition coefficient (Wildman–Crippen LogP) is 2.56. The van der Waals surface area contributed by atoms with Crippen molar-refractivity contribution in [2.75, 3.05) is 23.8 Å². The summed E-state index contributed by atoms with van der Waals surface area (Å²) >= 11 is 0. The van der Waals surface area contributed by atoms with Gasteiger partial charge < -0.3 is 10.2 Å². The van der Waals surface area contributed by atoms with Crippen molar-refractivity contribution in [1.29, 1.82) is 5.26 Å². The van der Waals surface area contributed by atoms with Gasteiger partial charge in [0.2, 0.25) is 5.91 Å². The minimum Gasteiger partial charge on any atom is -0.383 e. The fourth-order valence-corrected chi connectivity index (χ4v) is 2.13. The molecular formula is C15H19N3O. The number of hydrogen-bond acceptors (Lipinski definition) is 3. The van der Waals surface area contributed by atoms with Crippen LogP contribution in [0.2, 0.25) is 0 Å². The van der Waals surface area contributed by atoms with Crippen molar-refractivity contribution >= 4 is 17.3 Å². The normalized spacial score (nSPS) is 14.8. The number of fused-ring (bicyclic) bond motifs is 1. The molecule has 100 valence electrons. The van der Waals surface area contributed by atoms with Crippen LogP contribution < -0.4 is 10.2 Å². The second kappa shape index (κ2) is 4.93. The number of nitrogens with zero attached hydrogens (tertiary/aromatic N) is 2. The number of carbonyl (C=O) groups excluding carboxylic acids is 1. The molecule has 2 rings (SSSR count). The van der Waals surface area contributed by atoms with Crippen LogP contribution in [-0.2, 0) is 11.2 Å². The Hall–Kier alpha value is -2.02. The molecule has 1 aromatic rings. The van der Waals surface area contributed by atoms with E-state index < -0.39 is 0 Å². The highest BCUT2D eigenvalue weighted by Gasteiger charge is 2.21. The standard InChI is InChI=1S/C15H19N3O/c1-15(2,9-16)10-17-12-5-6-13-11(8-12)4-7-14(19)18(13)3/h5-6,8,17H,4,7,10H2,1-3H3. The first-order valence-corrected chi connectivity index (χ1v) is 6.47. The zero-order chi connectivity index (χ0) is 14.0. The molecule has 0 saturated carbocycles. The summed E-state index contributed by atoms with van der Waals surface area (Å²) in [5, 5.41) is 12.3. The molecule has 1 heterocycles. The van der Waals surface area contributed by atoms with E-state index in [4.69, 9.17) is 5.26 Å². The molecule has 0 aromatic heterocycles. The Balaban J connectivity index is 2.14. The third kappa shape index (κ3) is 2.87. The van der Waals surface area contributed by atoms with E-state index in [1.807, 2.05) is 33.0 Å². The lowest BCUT2D eigenvalue weighted by atomic mass is 9.95. The highest BCUT2D eigenvalue weighted by atomic mass is 16.2. The summed E-state index contributed by atoms with van der Waals surface area (Å²) in [6, 6.07) is 8.27. The van der Waals surface area contributed by atoms with E-state index in [1.54, 1.807) is 4.90 Å². The summed E-state index contributed by atoms with van der Waals surface area (Å²) in [6.07, 6.45) is 1.35. The van der Waals surface area contributed by atoms with Gasteiger partial charge in [-0.2, -0.15) is 5.26 Å². The van der Waals surface area contributed by atoms with E-state index in [2.05, 4.69) is 17.5 Å². The highest BCUT2D eigenvalue weighted by Crippen LogP contribution is 2.29. The Morgan fingerprint density at radius 1 is 1.42 bits per heavy atom. The molecular weight excluding hydrogens is 238 g/mol. The topological polar surface area (TPSA) is 56.1 Å². The maximum Gasteiger partial charge on any atom is 0.227 e. The average Bonchev–Trinajstić information content (AvgIpc) is 2.41. The van der Waals surface area contributed by atoms with Gasteiger partial charge in [0.15, 0.2) is 0 Å². The molecule has 1 amide bonds. The van der Waals surface area contributed by atoms with E-state index in [9.17, 15) is 4.79 Å². The average molecular weight is 257 g/mol. The maximum absolute atomic E-state index is 11.6. The monoisotopic (exact) mass is 257 g/mol. The van der Waals surface area contributed by atoms with Crippen molar-refractivity contribution in [3.8, 4) is 6.07 Å². The van der Waals surface area contributed by atoms with Gasteiger partial charge in [-0.05, 0) is 44.0 Å². The fourth-order valence-electron chi connectivity index (χ4n) is 2.13. The van der Waals surface area contributed by atoms with Crippen molar-refractivity contribution in [2.45, 2.75) is 26.7 Å². The van der Waals surface area contributed by atoms with Gasteiger partial charge in [0.1, 0.15) is 0 Å². The number of nitrogens with one attached hydrogen (secondary N) is 1. The van der Waals surface area contributed by atoms with Crippen molar-refractivity contribution in [3.05, 3.63) is 23.8 Å². The van der Waals surface area contributed by atoms with Crippen LogP contribution in [-0.4, -0.2) is 19.5 Å². The molecule has 0 bridgehead atoms. The predicted molar refractivity (Wildman–Crippen MR) is 76.1 cm³/mol. The maximum atomic E-state index is 11.6. The van der Waals surface area contributed by atoms with Gasteiger partial charge in [0, 0.05) is 31.4 Å². The Bertz CT molecular complexity index is 543.